The third-order valence-corrected chi connectivity index (χ3v) is 4.68. The van der Waals surface area contributed by atoms with Gasteiger partial charge < -0.3 is 5.73 Å². The van der Waals surface area contributed by atoms with E-state index in [1.165, 1.54) is 49.8 Å². The predicted molar refractivity (Wildman–Crippen MR) is 87.1 cm³/mol. The van der Waals surface area contributed by atoms with E-state index in [9.17, 15) is 0 Å². The largest absolute Gasteiger partial charge is 0.328 e. The fraction of sp³-hybridized carbons (Fsp3) is 0.647. The average molecular weight is 295 g/mol. The van der Waals surface area contributed by atoms with Crippen LogP contribution in [0.1, 0.15) is 50.2 Å². The molecule has 0 saturated heterocycles. The molecule has 1 saturated carbocycles. The van der Waals surface area contributed by atoms with E-state index in [0.717, 1.165) is 11.6 Å². The Kier molecular flexibility index (Phi) is 5.88. The van der Waals surface area contributed by atoms with Gasteiger partial charge in [-0.1, -0.05) is 24.6 Å². The molecule has 1 aromatic carbocycles. The summed E-state index contributed by atoms with van der Waals surface area (Å²) in [4.78, 5) is 2.64. The summed E-state index contributed by atoms with van der Waals surface area (Å²) < 4.78 is 0. The zero-order chi connectivity index (χ0) is 14.5. The number of benzene rings is 1. The number of hydrogen-bond acceptors (Lipinski definition) is 2. The zero-order valence-corrected chi connectivity index (χ0v) is 13.5. The molecule has 0 radical (unpaired) electrons. The van der Waals surface area contributed by atoms with Crippen LogP contribution in [0.3, 0.4) is 0 Å². The first-order valence-corrected chi connectivity index (χ1v) is 8.22. The Morgan fingerprint density at radius 2 is 1.95 bits per heavy atom. The van der Waals surface area contributed by atoms with Crippen LogP contribution in [0.2, 0.25) is 5.02 Å². The Morgan fingerprint density at radius 3 is 2.55 bits per heavy atom. The minimum absolute atomic E-state index is 0.423. The van der Waals surface area contributed by atoms with Crippen LogP contribution in [-0.4, -0.2) is 23.5 Å². The lowest BCUT2D eigenvalue weighted by molar-refractivity contribution is 0.142. The van der Waals surface area contributed by atoms with Gasteiger partial charge in [0.25, 0.3) is 0 Å². The van der Waals surface area contributed by atoms with E-state index in [-0.39, 0.29) is 0 Å². The molecule has 0 heterocycles. The highest BCUT2D eigenvalue weighted by atomic mass is 35.5. The van der Waals surface area contributed by atoms with Gasteiger partial charge in [-0.3, -0.25) is 4.90 Å². The van der Waals surface area contributed by atoms with Crippen molar-refractivity contribution >= 4 is 11.6 Å². The first-order chi connectivity index (χ1) is 9.60. The van der Waals surface area contributed by atoms with Crippen LogP contribution < -0.4 is 5.73 Å². The highest BCUT2D eigenvalue weighted by Gasteiger charge is 2.24. The number of rotatable bonds is 5. The normalized spacial score (nSPS) is 23.2. The molecule has 0 amide bonds. The standard InChI is InChI=1S/C17H27ClN2/c1-3-10-20(17-8-6-16(19)7-9-17)12-14-4-5-15(18)11-13(14)2/h4-5,11,16-17H,3,6-10,12,19H2,1-2H3. The summed E-state index contributed by atoms with van der Waals surface area (Å²) >= 11 is 6.05. The van der Waals surface area contributed by atoms with E-state index in [1.807, 2.05) is 6.07 Å². The van der Waals surface area contributed by atoms with Gasteiger partial charge in [-0.05, 0) is 68.8 Å². The van der Waals surface area contributed by atoms with Gasteiger partial charge in [0, 0.05) is 23.7 Å². The maximum atomic E-state index is 6.05. The first kappa shape index (κ1) is 15.8. The number of nitrogens with zero attached hydrogens (tertiary/aromatic N) is 1. The van der Waals surface area contributed by atoms with Crippen molar-refractivity contribution in [2.24, 2.45) is 5.73 Å². The molecular weight excluding hydrogens is 268 g/mol. The Balaban J connectivity index is 2.04. The van der Waals surface area contributed by atoms with Gasteiger partial charge in [-0.2, -0.15) is 0 Å². The van der Waals surface area contributed by atoms with Crippen molar-refractivity contribution in [3.63, 3.8) is 0 Å². The molecule has 1 aromatic rings. The van der Waals surface area contributed by atoms with Gasteiger partial charge in [-0.25, -0.2) is 0 Å². The lowest BCUT2D eigenvalue weighted by Gasteiger charge is -2.36. The van der Waals surface area contributed by atoms with E-state index in [2.05, 4.69) is 30.9 Å². The molecule has 1 aliphatic carbocycles. The Hall–Kier alpha value is -0.570. The topological polar surface area (TPSA) is 29.3 Å². The second-order valence-electron chi connectivity index (χ2n) is 6.11. The molecule has 0 aliphatic heterocycles. The van der Waals surface area contributed by atoms with E-state index in [4.69, 9.17) is 17.3 Å². The van der Waals surface area contributed by atoms with Crippen LogP contribution in [0.5, 0.6) is 0 Å². The monoisotopic (exact) mass is 294 g/mol. The van der Waals surface area contributed by atoms with Crippen molar-refractivity contribution < 1.29 is 0 Å². The molecule has 112 valence electrons. The van der Waals surface area contributed by atoms with Gasteiger partial charge >= 0.3 is 0 Å². The number of hydrogen-bond donors (Lipinski definition) is 1. The third kappa shape index (κ3) is 4.21. The van der Waals surface area contributed by atoms with E-state index < -0.39 is 0 Å². The fourth-order valence-corrected chi connectivity index (χ4v) is 3.43. The summed E-state index contributed by atoms with van der Waals surface area (Å²) in [6.45, 7) is 6.62. The summed E-state index contributed by atoms with van der Waals surface area (Å²) in [5.74, 6) is 0. The van der Waals surface area contributed by atoms with Crippen molar-refractivity contribution in [1.29, 1.82) is 0 Å². The van der Waals surface area contributed by atoms with Gasteiger partial charge in [0.05, 0.1) is 0 Å². The number of aryl methyl sites for hydroxylation is 1. The quantitative estimate of drug-likeness (QED) is 0.885. The van der Waals surface area contributed by atoms with Gasteiger partial charge in [0.15, 0.2) is 0 Å². The van der Waals surface area contributed by atoms with Crippen LogP contribution in [0.15, 0.2) is 18.2 Å². The minimum atomic E-state index is 0.423. The third-order valence-electron chi connectivity index (χ3n) is 4.45. The number of halogens is 1. The molecule has 2 rings (SSSR count). The molecule has 0 bridgehead atoms. The van der Waals surface area contributed by atoms with Crippen LogP contribution in [0.4, 0.5) is 0 Å². The summed E-state index contributed by atoms with van der Waals surface area (Å²) in [7, 11) is 0. The van der Waals surface area contributed by atoms with Gasteiger partial charge in [0.2, 0.25) is 0 Å². The predicted octanol–water partition coefficient (Wildman–Crippen LogP) is 4.13. The maximum Gasteiger partial charge on any atom is 0.0408 e. The van der Waals surface area contributed by atoms with E-state index in [0.29, 0.717) is 12.1 Å². The van der Waals surface area contributed by atoms with Crippen molar-refractivity contribution in [3.05, 3.63) is 34.3 Å². The SMILES string of the molecule is CCCN(Cc1ccc(Cl)cc1C)C1CCC(N)CC1. The molecular formula is C17H27ClN2. The van der Waals surface area contributed by atoms with E-state index in [1.54, 1.807) is 0 Å². The molecule has 1 fully saturated rings. The Morgan fingerprint density at radius 1 is 1.25 bits per heavy atom. The maximum absolute atomic E-state index is 6.05. The van der Waals surface area contributed by atoms with Crippen molar-refractivity contribution in [2.75, 3.05) is 6.54 Å². The summed E-state index contributed by atoms with van der Waals surface area (Å²) in [5.41, 5.74) is 8.73. The lowest BCUT2D eigenvalue weighted by Crippen LogP contribution is -2.41. The second kappa shape index (κ2) is 7.44. The molecule has 0 unspecified atom stereocenters. The average Bonchev–Trinajstić information content (AvgIpc) is 2.42. The van der Waals surface area contributed by atoms with Crippen molar-refractivity contribution in [1.82, 2.24) is 4.90 Å². The highest BCUT2D eigenvalue weighted by Crippen LogP contribution is 2.25. The molecule has 0 spiro atoms. The van der Waals surface area contributed by atoms with Crippen LogP contribution in [0.25, 0.3) is 0 Å². The Bertz CT molecular complexity index is 425. The molecule has 20 heavy (non-hydrogen) atoms. The van der Waals surface area contributed by atoms with Crippen molar-refractivity contribution in [2.45, 2.75) is 64.6 Å². The summed E-state index contributed by atoms with van der Waals surface area (Å²) in [5, 5.41) is 0.830. The first-order valence-electron chi connectivity index (χ1n) is 7.84. The van der Waals surface area contributed by atoms with Crippen LogP contribution in [0, 0.1) is 6.92 Å². The molecule has 1 aliphatic rings. The second-order valence-corrected chi connectivity index (χ2v) is 6.55. The van der Waals surface area contributed by atoms with Crippen LogP contribution in [-0.2, 0) is 6.54 Å². The summed E-state index contributed by atoms with van der Waals surface area (Å²) in [6, 6.07) is 7.37. The zero-order valence-electron chi connectivity index (χ0n) is 12.7. The molecule has 0 atom stereocenters. The minimum Gasteiger partial charge on any atom is -0.328 e. The Labute approximate surface area is 128 Å². The smallest absolute Gasteiger partial charge is 0.0408 e. The van der Waals surface area contributed by atoms with Gasteiger partial charge in [-0.15, -0.1) is 0 Å². The molecule has 0 aromatic heterocycles. The van der Waals surface area contributed by atoms with Crippen molar-refractivity contribution in [3.8, 4) is 0 Å². The van der Waals surface area contributed by atoms with E-state index >= 15 is 0 Å². The molecule has 2 nitrogen and oxygen atoms in total. The molecule has 3 heteroatoms. The number of nitrogens with two attached hydrogens (primary N) is 1. The van der Waals surface area contributed by atoms with Crippen LogP contribution >= 0.6 is 11.6 Å². The van der Waals surface area contributed by atoms with Gasteiger partial charge in [0.1, 0.15) is 0 Å². The lowest BCUT2D eigenvalue weighted by atomic mass is 9.90. The molecule has 2 N–H and O–H groups in total. The fourth-order valence-electron chi connectivity index (χ4n) is 3.20. The highest BCUT2D eigenvalue weighted by molar-refractivity contribution is 6.30. The summed E-state index contributed by atoms with van der Waals surface area (Å²) in [6.07, 6.45) is 6.03.